The minimum absolute atomic E-state index is 0.182. The van der Waals surface area contributed by atoms with Crippen molar-refractivity contribution in [3.8, 4) is 5.82 Å². The summed E-state index contributed by atoms with van der Waals surface area (Å²) in [5.74, 6) is 0.755. The van der Waals surface area contributed by atoms with Gasteiger partial charge in [0, 0.05) is 29.2 Å². The third kappa shape index (κ3) is 2.32. The predicted octanol–water partition coefficient (Wildman–Crippen LogP) is 2.11. The molecule has 0 fully saturated rings. The molecule has 0 spiro atoms. The van der Waals surface area contributed by atoms with E-state index in [1.54, 1.807) is 36.3 Å². The third-order valence-corrected chi connectivity index (χ3v) is 4.84. The molecule has 1 aromatic carbocycles. The van der Waals surface area contributed by atoms with Crippen molar-refractivity contribution in [1.29, 1.82) is 0 Å². The molecule has 4 rings (SSSR count). The first-order valence-corrected chi connectivity index (χ1v) is 8.13. The average molecular weight is 338 g/mol. The van der Waals surface area contributed by atoms with Crippen molar-refractivity contribution in [2.24, 2.45) is 0 Å². The zero-order chi connectivity index (χ0) is 16.7. The van der Waals surface area contributed by atoms with Crippen LogP contribution in [0.5, 0.6) is 0 Å². The summed E-state index contributed by atoms with van der Waals surface area (Å²) in [7, 11) is 0. The van der Waals surface area contributed by atoms with Crippen molar-refractivity contribution in [2.45, 2.75) is 12.5 Å². The van der Waals surface area contributed by atoms with Gasteiger partial charge in [0.25, 0.3) is 0 Å². The van der Waals surface area contributed by atoms with Crippen molar-refractivity contribution < 1.29 is 5.11 Å². The molecule has 0 aliphatic carbocycles. The Morgan fingerprint density at radius 2 is 2.08 bits per heavy atom. The second-order valence-corrected chi connectivity index (χ2v) is 6.41. The maximum atomic E-state index is 10.9. The van der Waals surface area contributed by atoms with Crippen LogP contribution < -0.4 is 5.73 Å². The van der Waals surface area contributed by atoms with Gasteiger partial charge >= 0.3 is 0 Å². The lowest BCUT2D eigenvalue weighted by atomic mass is 9.96. The normalized spacial score (nSPS) is 13.9. The summed E-state index contributed by atoms with van der Waals surface area (Å²) in [6.45, 7) is 1.73. The zero-order valence-electron chi connectivity index (χ0n) is 12.8. The van der Waals surface area contributed by atoms with E-state index in [2.05, 4.69) is 20.1 Å². The molecule has 120 valence electrons. The molecule has 0 aliphatic heterocycles. The number of nitrogens with two attached hydrogens (primary N) is 1. The number of benzene rings is 1. The Hall–Kier alpha value is -2.84. The number of hydrogen-bond donors (Lipinski definition) is 2. The maximum Gasteiger partial charge on any atom is 0.221 e. The Labute approximate surface area is 141 Å². The van der Waals surface area contributed by atoms with Gasteiger partial charge < -0.3 is 10.8 Å². The van der Waals surface area contributed by atoms with Gasteiger partial charge in [-0.05, 0) is 18.6 Å². The number of hydrogen-bond acceptors (Lipinski definition) is 7. The second-order valence-electron chi connectivity index (χ2n) is 5.51. The first-order chi connectivity index (χ1) is 11.6. The molecular weight excluding hydrogens is 324 g/mol. The molecule has 1 unspecified atom stereocenters. The van der Waals surface area contributed by atoms with Crippen LogP contribution >= 0.6 is 11.3 Å². The monoisotopic (exact) mass is 338 g/mol. The highest BCUT2D eigenvalue weighted by atomic mass is 32.1. The lowest BCUT2D eigenvalue weighted by molar-refractivity contribution is 0.102. The van der Waals surface area contributed by atoms with Crippen LogP contribution in [0.25, 0.3) is 16.7 Å². The lowest BCUT2D eigenvalue weighted by Crippen LogP contribution is -2.22. The Kier molecular flexibility index (Phi) is 3.29. The largest absolute Gasteiger partial charge is 0.378 e. The van der Waals surface area contributed by atoms with Crippen molar-refractivity contribution >= 4 is 28.2 Å². The first-order valence-electron chi connectivity index (χ1n) is 7.25. The van der Waals surface area contributed by atoms with Gasteiger partial charge in [-0.25, -0.2) is 14.6 Å². The van der Waals surface area contributed by atoms with E-state index in [0.29, 0.717) is 10.8 Å². The Morgan fingerprint density at radius 3 is 2.83 bits per heavy atom. The average Bonchev–Trinajstić information content (AvgIpc) is 3.24. The van der Waals surface area contributed by atoms with Gasteiger partial charge in [0.2, 0.25) is 5.95 Å². The minimum Gasteiger partial charge on any atom is -0.378 e. The van der Waals surface area contributed by atoms with E-state index in [0.717, 1.165) is 16.5 Å². The van der Waals surface area contributed by atoms with Crippen LogP contribution in [0, 0.1) is 0 Å². The van der Waals surface area contributed by atoms with E-state index >= 15 is 0 Å². The molecule has 1 atom stereocenters. The van der Waals surface area contributed by atoms with Crippen molar-refractivity contribution in [3.05, 3.63) is 58.8 Å². The molecule has 4 aromatic rings. The zero-order valence-corrected chi connectivity index (χ0v) is 13.6. The fourth-order valence-corrected chi connectivity index (χ4v) is 3.29. The maximum absolute atomic E-state index is 10.9. The molecule has 3 N–H and O–H groups in total. The van der Waals surface area contributed by atoms with Crippen molar-refractivity contribution in [2.75, 3.05) is 5.73 Å². The van der Waals surface area contributed by atoms with E-state index < -0.39 is 5.60 Å². The Balaban J connectivity index is 1.88. The number of anilines is 1. The molecule has 7 nitrogen and oxygen atoms in total. The Bertz CT molecular complexity index is 1010. The highest BCUT2D eigenvalue weighted by Gasteiger charge is 2.29. The fraction of sp³-hybridized carbons (Fsp3) is 0.125. The van der Waals surface area contributed by atoms with Gasteiger partial charge in [-0.15, -0.1) is 11.3 Å². The van der Waals surface area contributed by atoms with E-state index in [4.69, 9.17) is 5.73 Å². The summed E-state index contributed by atoms with van der Waals surface area (Å²) in [6.07, 6.45) is 5.01. The quantitative estimate of drug-likeness (QED) is 0.593. The topological polar surface area (TPSA) is 103 Å². The third-order valence-electron chi connectivity index (χ3n) is 3.86. The summed E-state index contributed by atoms with van der Waals surface area (Å²) >= 11 is 1.41. The number of aromatic nitrogens is 5. The number of thiazole rings is 1. The fourth-order valence-electron chi connectivity index (χ4n) is 2.57. The minimum atomic E-state index is -1.18. The molecular formula is C16H14N6OS. The van der Waals surface area contributed by atoms with E-state index in [1.165, 1.54) is 11.3 Å². The molecule has 8 heteroatoms. The number of rotatable bonds is 3. The molecule has 0 aliphatic rings. The summed E-state index contributed by atoms with van der Waals surface area (Å²) in [5, 5.41) is 18.7. The highest BCUT2D eigenvalue weighted by Crippen LogP contribution is 2.32. The molecule has 24 heavy (non-hydrogen) atoms. The summed E-state index contributed by atoms with van der Waals surface area (Å²) in [5.41, 5.74) is 6.04. The van der Waals surface area contributed by atoms with Crippen LogP contribution in [0.1, 0.15) is 17.5 Å². The molecule has 0 amide bonds. The van der Waals surface area contributed by atoms with Gasteiger partial charge in [0.05, 0.1) is 11.7 Å². The number of fused-ring (bicyclic) bond motifs is 1. The van der Waals surface area contributed by atoms with Crippen LogP contribution in [0.2, 0.25) is 0 Å². The highest BCUT2D eigenvalue weighted by molar-refractivity contribution is 7.09. The molecule has 0 radical (unpaired) electrons. The van der Waals surface area contributed by atoms with Gasteiger partial charge in [-0.2, -0.15) is 10.1 Å². The Morgan fingerprint density at radius 1 is 1.21 bits per heavy atom. The standard InChI is InChI=1S/C16H14N6OS/c1-16(23,14-18-6-7-24-14)11-3-2-10-9-20-22(12(10)8-11)13-4-5-19-15(17)21-13/h2-9,23H,1H3,(H2,17,19,21). The number of nitrogens with zero attached hydrogens (tertiary/aromatic N) is 5. The second kappa shape index (κ2) is 5.36. The van der Waals surface area contributed by atoms with Crippen molar-refractivity contribution in [3.63, 3.8) is 0 Å². The molecule has 3 aromatic heterocycles. The predicted molar refractivity (Wildman–Crippen MR) is 91.9 cm³/mol. The lowest BCUT2D eigenvalue weighted by Gasteiger charge is -2.21. The first kappa shape index (κ1) is 14.7. The van der Waals surface area contributed by atoms with Gasteiger partial charge in [0.15, 0.2) is 5.82 Å². The van der Waals surface area contributed by atoms with E-state index in [-0.39, 0.29) is 5.95 Å². The van der Waals surface area contributed by atoms with Gasteiger partial charge in [0.1, 0.15) is 10.6 Å². The van der Waals surface area contributed by atoms with E-state index in [1.807, 2.05) is 23.6 Å². The molecule has 0 saturated heterocycles. The van der Waals surface area contributed by atoms with Crippen molar-refractivity contribution in [1.82, 2.24) is 24.7 Å². The molecule has 0 bridgehead atoms. The smallest absolute Gasteiger partial charge is 0.221 e. The van der Waals surface area contributed by atoms with Crippen LogP contribution in [0.15, 0.2) is 48.2 Å². The van der Waals surface area contributed by atoms with Gasteiger partial charge in [-0.1, -0.05) is 12.1 Å². The number of aliphatic hydroxyl groups is 1. The number of nitrogen functional groups attached to an aromatic ring is 1. The summed E-state index contributed by atoms with van der Waals surface area (Å²) in [6, 6.07) is 7.42. The van der Waals surface area contributed by atoms with Crippen LogP contribution in [0.4, 0.5) is 5.95 Å². The van der Waals surface area contributed by atoms with Crippen LogP contribution in [0.3, 0.4) is 0 Å². The summed E-state index contributed by atoms with van der Waals surface area (Å²) in [4.78, 5) is 12.3. The van der Waals surface area contributed by atoms with Gasteiger partial charge in [-0.3, -0.25) is 0 Å². The van der Waals surface area contributed by atoms with Crippen LogP contribution in [-0.4, -0.2) is 29.8 Å². The van der Waals surface area contributed by atoms with Crippen LogP contribution in [-0.2, 0) is 5.60 Å². The van der Waals surface area contributed by atoms with E-state index in [9.17, 15) is 5.11 Å². The molecule has 3 heterocycles. The SMILES string of the molecule is CC(O)(c1ccc2cnn(-c3ccnc(N)n3)c2c1)c1nccs1. The summed E-state index contributed by atoms with van der Waals surface area (Å²) < 4.78 is 1.68. The molecule has 0 saturated carbocycles.